The first-order valence-corrected chi connectivity index (χ1v) is 7.31. The van der Waals surface area contributed by atoms with Crippen molar-refractivity contribution in [3.63, 3.8) is 0 Å². The lowest BCUT2D eigenvalue weighted by atomic mass is 10.0. The fourth-order valence-corrected chi connectivity index (χ4v) is 2.32. The average Bonchev–Trinajstić information content (AvgIpc) is 2.63. The summed E-state index contributed by atoms with van der Waals surface area (Å²) in [5.41, 5.74) is 2.13. The third kappa shape index (κ3) is 3.35. The maximum Gasteiger partial charge on any atom is 0.255 e. The topological polar surface area (TPSA) is 46.2 Å². The molecule has 1 amide bonds. The SMILES string of the molecule is O=C(Nc1ccccc1C(=O)c1ccccc1)c1ccccc1. The molecule has 0 radical (unpaired) electrons. The third-order valence-corrected chi connectivity index (χ3v) is 3.49. The lowest BCUT2D eigenvalue weighted by Gasteiger charge is -2.10. The molecule has 0 atom stereocenters. The summed E-state index contributed by atoms with van der Waals surface area (Å²) >= 11 is 0. The molecule has 0 aliphatic rings. The summed E-state index contributed by atoms with van der Waals surface area (Å²) in [6.07, 6.45) is 0. The third-order valence-electron chi connectivity index (χ3n) is 3.49. The first kappa shape index (κ1) is 14.7. The van der Waals surface area contributed by atoms with Gasteiger partial charge in [0.05, 0.1) is 5.69 Å². The van der Waals surface area contributed by atoms with E-state index in [1.54, 1.807) is 60.7 Å². The average molecular weight is 301 g/mol. The number of hydrogen-bond acceptors (Lipinski definition) is 2. The van der Waals surface area contributed by atoms with Crippen LogP contribution < -0.4 is 5.32 Å². The van der Waals surface area contributed by atoms with E-state index in [1.165, 1.54) is 0 Å². The minimum Gasteiger partial charge on any atom is -0.321 e. The zero-order chi connectivity index (χ0) is 16.1. The van der Waals surface area contributed by atoms with Crippen molar-refractivity contribution in [3.05, 3.63) is 102 Å². The molecule has 3 heteroatoms. The van der Waals surface area contributed by atoms with Crippen LogP contribution in [0.25, 0.3) is 0 Å². The van der Waals surface area contributed by atoms with Gasteiger partial charge < -0.3 is 5.32 Å². The van der Waals surface area contributed by atoms with Crippen molar-refractivity contribution in [3.8, 4) is 0 Å². The van der Waals surface area contributed by atoms with Crippen molar-refractivity contribution in [2.75, 3.05) is 5.32 Å². The highest BCUT2D eigenvalue weighted by atomic mass is 16.1. The van der Waals surface area contributed by atoms with Crippen molar-refractivity contribution < 1.29 is 9.59 Å². The molecule has 112 valence electrons. The van der Waals surface area contributed by atoms with Crippen molar-refractivity contribution in [2.45, 2.75) is 0 Å². The molecule has 3 aromatic carbocycles. The van der Waals surface area contributed by atoms with Gasteiger partial charge in [0, 0.05) is 16.7 Å². The maximum atomic E-state index is 12.6. The number of rotatable bonds is 4. The van der Waals surface area contributed by atoms with Gasteiger partial charge in [-0.15, -0.1) is 0 Å². The lowest BCUT2D eigenvalue weighted by Crippen LogP contribution is -2.15. The van der Waals surface area contributed by atoms with Crippen LogP contribution in [0, 0.1) is 0 Å². The van der Waals surface area contributed by atoms with Crippen molar-refractivity contribution in [1.82, 2.24) is 0 Å². The van der Waals surface area contributed by atoms with Crippen LogP contribution in [0.2, 0.25) is 0 Å². The Hall–Kier alpha value is -3.20. The molecule has 3 rings (SSSR count). The van der Waals surface area contributed by atoms with Crippen LogP contribution >= 0.6 is 0 Å². The second-order valence-corrected chi connectivity index (χ2v) is 5.06. The van der Waals surface area contributed by atoms with E-state index in [0.29, 0.717) is 22.4 Å². The molecule has 3 aromatic rings. The first-order chi connectivity index (χ1) is 11.3. The summed E-state index contributed by atoms with van der Waals surface area (Å²) in [5, 5.41) is 2.82. The van der Waals surface area contributed by atoms with Crippen LogP contribution in [-0.4, -0.2) is 11.7 Å². The van der Waals surface area contributed by atoms with Gasteiger partial charge in [0.25, 0.3) is 5.91 Å². The molecule has 23 heavy (non-hydrogen) atoms. The molecule has 0 aliphatic heterocycles. The van der Waals surface area contributed by atoms with Gasteiger partial charge in [0.2, 0.25) is 0 Å². The highest BCUT2D eigenvalue weighted by Crippen LogP contribution is 2.20. The molecule has 3 nitrogen and oxygen atoms in total. The van der Waals surface area contributed by atoms with E-state index in [9.17, 15) is 9.59 Å². The van der Waals surface area contributed by atoms with Gasteiger partial charge in [-0.1, -0.05) is 60.7 Å². The molecule has 0 saturated carbocycles. The van der Waals surface area contributed by atoms with E-state index in [0.717, 1.165) is 0 Å². The fraction of sp³-hybridized carbons (Fsp3) is 0. The molecule has 1 N–H and O–H groups in total. The number of hydrogen-bond donors (Lipinski definition) is 1. The second kappa shape index (κ2) is 6.71. The molecule has 0 fully saturated rings. The van der Waals surface area contributed by atoms with E-state index in [1.807, 2.05) is 24.3 Å². The summed E-state index contributed by atoms with van der Waals surface area (Å²) in [6.45, 7) is 0. The minimum atomic E-state index is -0.237. The van der Waals surface area contributed by atoms with Gasteiger partial charge in [-0.05, 0) is 24.3 Å². The molecule has 0 aliphatic carbocycles. The maximum absolute atomic E-state index is 12.6. The number of carbonyl (C=O) groups excluding carboxylic acids is 2. The predicted octanol–water partition coefficient (Wildman–Crippen LogP) is 4.17. The molecule has 0 unspecified atom stereocenters. The standard InChI is InChI=1S/C20H15NO2/c22-19(15-9-3-1-4-10-15)17-13-7-8-14-18(17)21-20(23)16-11-5-2-6-12-16/h1-14H,(H,21,23). The molecular formula is C20H15NO2. The van der Waals surface area contributed by atoms with Crippen molar-refractivity contribution >= 4 is 17.4 Å². The Morgan fingerprint density at radius 3 is 1.78 bits per heavy atom. The van der Waals surface area contributed by atoms with E-state index in [4.69, 9.17) is 0 Å². The highest BCUT2D eigenvalue weighted by Gasteiger charge is 2.15. The summed E-state index contributed by atoms with van der Waals surface area (Å²) in [6, 6.07) is 25.0. The van der Waals surface area contributed by atoms with Gasteiger partial charge in [-0.2, -0.15) is 0 Å². The summed E-state index contributed by atoms with van der Waals surface area (Å²) in [4.78, 5) is 24.9. The Kier molecular flexibility index (Phi) is 4.29. The number of carbonyl (C=O) groups is 2. The number of para-hydroxylation sites is 1. The van der Waals surface area contributed by atoms with E-state index >= 15 is 0 Å². The Labute approximate surface area is 134 Å². The van der Waals surface area contributed by atoms with Crippen LogP contribution in [0.15, 0.2) is 84.9 Å². The Balaban J connectivity index is 1.90. The number of anilines is 1. The lowest BCUT2D eigenvalue weighted by molar-refractivity contribution is 0.102. The van der Waals surface area contributed by atoms with Crippen LogP contribution in [0.1, 0.15) is 26.3 Å². The molecule has 0 bridgehead atoms. The normalized spacial score (nSPS) is 10.1. The Bertz CT molecular complexity index is 827. The predicted molar refractivity (Wildman–Crippen MR) is 90.7 cm³/mol. The molecule has 0 spiro atoms. The first-order valence-electron chi connectivity index (χ1n) is 7.31. The molecule has 0 heterocycles. The Morgan fingerprint density at radius 1 is 0.609 bits per heavy atom. The van der Waals surface area contributed by atoms with E-state index in [-0.39, 0.29) is 11.7 Å². The quantitative estimate of drug-likeness (QED) is 0.735. The molecular weight excluding hydrogens is 286 g/mol. The number of benzene rings is 3. The van der Waals surface area contributed by atoms with Crippen LogP contribution in [0.4, 0.5) is 5.69 Å². The van der Waals surface area contributed by atoms with Crippen molar-refractivity contribution in [1.29, 1.82) is 0 Å². The zero-order valence-corrected chi connectivity index (χ0v) is 12.4. The van der Waals surface area contributed by atoms with E-state index in [2.05, 4.69) is 5.32 Å². The zero-order valence-electron chi connectivity index (χ0n) is 12.4. The van der Waals surface area contributed by atoms with Crippen LogP contribution in [-0.2, 0) is 0 Å². The molecule has 0 saturated heterocycles. The van der Waals surface area contributed by atoms with Crippen LogP contribution in [0.3, 0.4) is 0 Å². The molecule has 0 aromatic heterocycles. The van der Waals surface area contributed by atoms with Gasteiger partial charge >= 0.3 is 0 Å². The van der Waals surface area contributed by atoms with Gasteiger partial charge in [0.15, 0.2) is 5.78 Å². The number of nitrogens with one attached hydrogen (secondary N) is 1. The van der Waals surface area contributed by atoms with Crippen LogP contribution in [0.5, 0.6) is 0 Å². The number of ketones is 1. The second-order valence-electron chi connectivity index (χ2n) is 5.06. The number of amides is 1. The highest BCUT2D eigenvalue weighted by molar-refractivity contribution is 6.15. The fourth-order valence-electron chi connectivity index (χ4n) is 2.32. The minimum absolute atomic E-state index is 0.116. The van der Waals surface area contributed by atoms with Gasteiger partial charge in [0.1, 0.15) is 0 Å². The Morgan fingerprint density at radius 2 is 1.13 bits per heavy atom. The van der Waals surface area contributed by atoms with Gasteiger partial charge in [-0.25, -0.2) is 0 Å². The summed E-state index contributed by atoms with van der Waals surface area (Å²) < 4.78 is 0. The summed E-state index contributed by atoms with van der Waals surface area (Å²) in [7, 11) is 0. The monoisotopic (exact) mass is 301 g/mol. The largest absolute Gasteiger partial charge is 0.321 e. The smallest absolute Gasteiger partial charge is 0.255 e. The van der Waals surface area contributed by atoms with Crippen molar-refractivity contribution in [2.24, 2.45) is 0 Å². The van der Waals surface area contributed by atoms with E-state index < -0.39 is 0 Å². The van der Waals surface area contributed by atoms with Gasteiger partial charge in [-0.3, -0.25) is 9.59 Å². The summed E-state index contributed by atoms with van der Waals surface area (Å²) in [5.74, 6) is -0.353.